The fraction of sp³-hybridized carbons (Fsp3) is 0.562. The van der Waals surface area contributed by atoms with Crippen LogP contribution in [0.15, 0.2) is 24.3 Å². The van der Waals surface area contributed by atoms with Crippen LogP contribution in [0.4, 0.5) is 0 Å². The monoisotopic (exact) mass is 308 g/mol. The number of halogens is 1. The molecule has 114 valence electrons. The highest BCUT2D eigenvalue weighted by Gasteiger charge is 2.34. The Morgan fingerprint density at radius 1 is 1.33 bits per heavy atom. The molecular formula is C16H21ClN2O2. The smallest absolute Gasteiger partial charge is 0.225 e. The molecule has 1 aromatic carbocycles. The molecule has 0 unspecified atom stereocenters. The van der Waals surface area contributed by atoms with Gasteiger partial charge in [-0.25, -0.2) is 0 Å². The molecular weight excluding hydrogens is 288 g/mol. The zero-order valence-corrected chi connectivity index (χ0v) is 12.8. The van der Waals surface area contributed by atoms with E-state index in [1.54, 1.807) is 0 Å². The van der Waals surface area contributed by atoms with Crippen molar-refractivity contribution < 1.29 is 9.53 Å². The molecule has 3 atom stereocenters. The number of benzene rings is 1. The minimum absolute atomic E-state index is 0.0880. The number of hydrogen-bond donors (Lipinski definition) is 1. The van der Waals surface area contributed by atoms with Gasteiger partial charge in [-0.3, -0.25) is 4.79 Å². The van der Waals surface area contributed by atoms with E-state index in [2.05, 4.69) is 0 Å². The van der Waals surface area contributed by atoms with Crippen LogP contribution < -0.4 is 5.73 Å². The number of ether oxygens (including phenoxy) is 1. The first-order valence-corrected chi connectivity index (χ1v) is 7.93. The van der Waals surface area contributed by atoms with Gasteiger partial charge in [0.25, 0.3) is 0 Å². The molecule has 0 bridgehead atoms. The number of carbonyl (C=O) groups is 1. The molecule has 4 nitrogen and oxygen atoms in total. The van der Waals surface area contributed by atoms with Crippen LogP contribution in [0.25, 0.3) is 0 Å². The molecule has 1 saturated heterocycles. The summed E-state index contributed by atoms with van der Waals surface area (Å²) in [5, 5.41) is 0.694. The zero-order chi connectivity index (χ0) is 14.8. The SMILES string of the molecule is N[C@@H]1CC[C@@H](C(=O)N2CCO[C@@H](c3ccccc3Cl)C2)C1. The second kappa shape index (κ2) is 6.34. The third-order valence-corrected chi connectivity index (χ3v) is 4.80. The lowest BCUT2D eigenvalue weighted by molar-refractivity contribution is -0.143. The molecule has 1 amide bonds. The number of rotatable bonds is 2. The van der Waals surface area contributed by atoms with Crippen molar-refractivity contribution in [2.75, 3.05) is 19.7 Å². The van der Waals surface area contributed by atoms with Gasteiger partial charge in [0.05, 0.1) is 13.2 Å². The highest BCUT2D eigenvalue weighted by molar-refractivity contribution is 6.31. The van der Waals surface area contributed by atoms with Crippen LogP contribution in [0.1, 0.15) is 30.9 Å². The Hall–Kier alpha value is -1.10. The lowest BCUT2D eigenvalue weighted by atomic mass is 10.0. The summed E-state index contributed by atoms with van der Waals surface area (Å²) < 4.78 is 5.81. The standard InChI is InChI=1S/C16H21ClN2O2/c17-14-4-2-1-3-13(14)15-10-19(7-8-21-15)16(20)11-5-6-12(18)9-11/h1-4,11-12,15H,5-10,18H2/t11-,12-,15-/m1/s1. The van der Waals surface area contributed by atoms with Crippen LogP contribution in [-0.4, -0.2) is 36.5 Å². The Kier molecular flexibility index (Phi) is 4.48. The first-order valence-electron chi connectivity index (χ1n) is 7.55. The van der Waals surface area contributed by atoms with Crippen LogP contribution in [0, 0.1) is 5.92 Å². The first-order chi connectivity index (χ1) is 10.1. The van der Waals surface area contributed by atoms with Gasteiger partial charge >= 0.3 is 0 Å². The maximum atomic E-state index is 12.6. The second-order valence-corrected chi connectivity index (χ2v) is 6.34. The third-order valence-electron chi connectivity index (χ3n) is 4.45. The van der Waals surface area contributed by atoms with Gasteiger partial charge in [-0.1, -0.05) is 29.8 Å². The van der Waals surface area contributed by atoms with E-state index in [9.17, 15) is 4.79 Å². The predicted octanol–water partition coefficient (Wildman–Crippen LogP) is 2.37. The van der Waals surface area contributed by atoms with E-state index >= 15 is 0 Å². The van der Waals surface area contributed by atoms with Crippen LogP contribution in [0.2, 0.25) is 5.02 Å². The quantitative estimate of drug-likeness (QED) is 0.912. The van der Waals surface area contributed by atoms with Gasteiger partial charge in [-0.2, -0.15) is 0 Å². The molecule has 3 rings (SSSR count). The Morgan fingerprint density at radius 2 is 2.14 bits per heavy atom. The topological polar surface area (TPSA) is 55.6 Å². The Morgan fingerprint density at radius 3 is 2.86 bits per heavy atom. The van der Waals surface area contributed by atoms with Crippen molar-refractivity contribution in [3.63, 3.8) is 0 Å². The summed E-state index contributed by atoms with van der Waals surface area (Å²) in [6, 6.07) is 7.85. The highest BCUT2D eigenvalue weighted by atomic mass is 35.5. The van der Waals surface area contributed by atoms with Gasteiger partial charge in [0, 0.05) is 29.1 Å². The summed E-state index contributed by atoms with van der Waals surface area (Å²) in [4.78, 5) is 14.5. The first kappa shape index (κ1) is 14.8. The van der Waals surface area contributed by atoms with Crippen LogP contribution >= 0.6 is 11.6 Å². The van der Waals surface area contributed by atoms with Crippen LogP contribution in [0.5, 0.6) is 0 Å². The van der Waals surface area contributed by atoms with E-state index in [4.69, 9.17) is 22.1 Å². The van der Waals surface area contributed by atoms with E-state index in [0.29, 0.717) is 24.7 Å². The lowest BCUT2D eigenvalue weighted by Crippen LogP contribution is -2.44. The molecule has 1 aliphatic heterocycles. The average molecular weight is 309 g/mol. The summed E-state index contributed by atoms with van der Waals surface area (Å²) in [7, 11) is 0. The lowest BCUT2D eigenvalue weighted by Gasteiger charge is -2.35. The molecule has 1 saturated carbocycles. The number of nitrogens with two attached hydrogens (primary N) is 1. The third kappa shape index (κ3) is 3.23. The number of hydrogen-bond acceptors (Lipinski definition) is 3. The maximum absolute atomic E-state index is 12.6. The molecule has 1 heterocycles. The van der Waals surface area contributed by atoms with Crippen molar-refractivity contribution in [1.29, 1.82) is 0 Å². The van der Waals surface area contributed by atoms with Gasteiger partial charge in [0.15, 0.2) is 0 Å². The minimum Gasteiger partial charge on any atom is -0.370 e. The summed E-state index contributed by atoms with van der Waals surface area (Å²) in [6.07, 6.45) is 2.54. The van der Waals surface area contributed by atoms with Crippen molar-refractivity contribution in [2.24, 2.45) is 11.7 Å². The Bertz CT molecular complexity index is 523. The van der Waals surface area contributed by atoms with E-state index in [-0.39, 0.29) is 24.0 Å². The van der Waals surface area contributed by atoms with Gasteiger partial charge in [-0.15, -0.1) is 0 Å². The van der Waals surface area contributed by atoms with Crippen molar-refractivity contribution in [3.05, 3.63) is 34.9 Å². The van der Waals surface area contributed by atoms with E-state index in [1.165, 1.54) is 0 Å². The molecule has 2 N–H and O–H groups in total. The van der Waals surface area contributed by atoms with Crippen LogP contribution in [0.3, 0.4) is 0 Å². The van der Waals surface area contributed by atoms with Crippen LogP contribution in [-0.2, 0) is 9.53 Å². The van der Waals surface area contributed by atoms with E-state index < -0.39 is 0 Å². The normalized spacial score (nSPS) is 29.6. The number of morpholine rings is 1. The minimum atomic E-state index is -0.133. The zero-order valence-electron chi connectivity index (χ0n) is 12.0. The molecule has 0 spiro atoms. The molecule has 5 heteroatoms. The van der Waals surface area contributed by atoms with E-state index in [1.807, 2.05) is 29.2 Å². The predicted molar refractivity (Wildman–Crippen MR) is 82.0 cm³/mol. The molecule has 21 heavy (non-hydrogen) atoms. The summed E-state index contributed by atoms with van der Waals surface area (Å²) in [5.41, 5.74) is 6.88. The van der Waals surface area contributed by atoms with Gasteiger partial charge < -0.3 is 15.4 Å². The van der Waals surface area contributed by atoms with Gasteiger partial charge in [0.1, 0.15) is 6.10 Å². The maximum Gasteiger partial charge on any atom is 0.225 e. The fourth-order valence-corrected chi connectivity index (χ4v) is 3.53. The highest BCUT2D eigenvalue weighted by Crippen LogP contribution is 2.31. The molecule has 1 aliphatic carbocycles. The average Bonchev–Trinajstić information content (AvgIpc) is 2.94. The molecule has 0 radical (unpaired) electrons. The van der Waals surface area contributed by atoms with Crippen molar-refractivity contribution >= 4 is 17.5 Å². The molecule has 2 aliphatic rings. The van der Waals surface area contributed by atoms with Crippen molar-refractivity contribution in [1.82, 2.24) is 4.90 Å². The summed E-state index contributed by atoms with van der Waals surface area (Å²) >= 11 is 6.23. The number of carbonyl (C=O) groups excluding carboxylic acids is 1. The largest absolute Gasteiger partial charge is 0.370 e. The summed E-state index contributed by atoms with van der Waals surface area (Å²) in [5.74, 6) is 0.313. The number of nitrogens with zero attached hydrogens (tertiary/aromatic N) is 1. The fourth-order valence-electron chi connectivity index (χ4n) is 3.27. The van der Waals surface area contributed by atoms with Crippen molar-refractivity contribution in [3.8, 4) is 0 Å². The molecule has 0 aromatic heterocycles. The van der Waals surface area contributed by atoms with Gasteiger partial charge in [-0.05, 0) is 25.3 Å². The summed E-state index contributed by atoms with van der Waals surface area (Å²) in [6.45, 7) is 1.79. The van der Waals surface area contributed by atoms with Gasteiger partial charge in [0.2, 0.25) is 5.91 Å². The molecule has 1 aromatic rings. The number of amides is 1. The molecule has 2 fully saturated rings. The Balaban J connectivity index is 1.68. The Labute approximate surface area is 130 Å². The second-order valence-electron chi connectivity index (χ2n) is 5.94. The van der Waals surface area contributed by atoms with Crippen molar-refractivity contribution in [2.45, 2.75) is 31.4 Å². The van der Waals surface area contributed by atoms with E-state index in [0.717, 1.165) is 24.8 Å².